The Morgan fingerprint density at radius 1 is 0.949 bits per heavy atom. The lowest BCUT2D eigenvalue weighted by atomic mass is 10.1. The Kier molecular flexibility index (Phi) is 8.83. The Balaban J connectivity index is 1.36. The van der Waals surface area contributed by atoms with Gasteiger partial charge in [-0.1, -0.05) is 30.3 Å². The quantitative estimate of drug-likeness (QED) is 0.254. The van der Waals surface area contributed by atoms with E-state index in [2.05, 4.69) is 4.98 Å². The highest BCUT2D eigenvalue weighted by Gasteiger charge is 2.26. The summed E-state index contributed by atoms with van der Waals surface area (Å²) in [5, 5.41) is 9.39. The molecule has 1 heterocycles. The van der Waals surface area contributed by atoms with E-state index in [1.807, 2.05) is 37.3 Å². The van der Waals surface area contributed by atoms with Crippen LogP contribution in [0.2, 0.25) is 0 Å². The van der Waals surface area contributed by atoms with Gasteiger partial charge in [-0.05, 0) is 67.9 Å². The lowest BCUT2D eigenvalue weighted by Crippen LogP contribution is -2.39. The molecule has 0 radical (unpaired) electrons. The monoisotopic (exact) mass is 530 g/mol. The van der Waals surface area contributed by atoms with Crippen LogP contribution in [0.4, 0.5) is 4.79 Å². The number of methoxy groups -OCH3 is 1. The van der Waals surface area contributed by atoms with Gasteiger partial charge in [-0.2, -0.15) is 0 Å². The number of nitrogens with zero attached hydrogens (tertiary/aromatic N) is 2. The molecular formula is C30H30N2O7. The van der Waals surface area contributed by atoms with E-state index in [1.165, 1.54) is 7.11 Å². The molecule has 1 atom stereocenters. The fraction of sp³-hybridized carbons (Fsp3) is 0.233. The number of carbonyl (C=O) groups excluding carboxylic acids is 1. The Labute approximate surface area is 226 Å². The number of ether oxygens (including phenoxy) is 3. The number of aryl methyl sites for hydroxylation is 1. The lowest BCUT2D eigenvalue weighted by molar-refractivity contribution is -0.138. The third kappa shape index (κ3) is 7.16. The van der Waals surface area contributed by atoms with Gasteiger partial charge in [0.25, 0.3) is 0 Å². The van der Waals surface area contributed by atoms with Crippen LogP contribution in [0.15, 0.2) is 83.3 Å². The van der Waals surface area contributed by atoms with E-state index in [9.17, 15) is 14.7 Å². The first-order chi connectivity index (χ1) is 18.8. The summed E-state index contributed by atoms with van der Waals surface area (Å²) in [6.45, 7) is 3.52. The van der Waals surface area contributed by atoms with E-state index in [0.29, 0.717) is 30.4 Å². The van der Waals surface area contributed by atoms with Crippen LogP contribution in [0.25, 0.3) is 11.5 Å². The summed E-state index contributed by atoms with van der Waals surface area (Å²) in [5.41, 5.74) is 2.47. The number of oxazole rings is 1. The van der Waals surface area contributed by atoms with Crippen LogP contribution >= 0.6 is 0 Å². The second kappa shape index (κ2) is 12.6. The predicted octanol–water partition coefficient (Wildman–Crippen LogP) is 5.93. The molecule has 4 rings (SSSR count). The molecular weight excluding hydrogens is 500 g/mol. The average molecular weight is 531 g/mol. The third-order valence-electron chi connectivity index (χ3n) is 6.15. The molecule has 9 nitrogen and oxygen atoms in total. The molecule has 1 aromatic heterocycles. The van der Waals surface area contributed by atoms with Gasteiger partial charge in [-0.25, -0.2) is 9.78 Å². The zero-order valence-electron chi connectivity index (χ0n) is 22.0. The maximum atomic E-state index is 12.9. The molecule has 0 aliphatic carbocycles. The number of carboxylic acids is 1. The van der Waals surface area contributed by atoms with Gasteiger partial charge in [0.05, 0.1) is 25.5 Å². The van der Waals surface area contributed by atoms with Gasteiger partial charge < -0.3 is 23.7 Å². The van der Waals surface area contributed by atoms with Crippen molar-refractivity contribution in [2.45, 2.75) is 26.3 Å². The molecule has 1 N–H and O–H groups in total. The number of aliphatic carboxylic acids is 1. The summed E-state index contributed by atoms with van der Waals surface area (Å²) in [4.78, 5) is 30.0. The van der Waals surface area contributed by atoms with Crippen LogP contribution in [0.3, 0.4) is 0 Å². The van der Waals surface area contributed by atoms with Crippen molar-refractivity contribution in [3.8, 4) is 28.7 Å². The molecule has 0 bridgehead atoms. The fourth-order valence-corrected chi connectivity index (χ4v) is 3.96. The molecule has 9 heteroatoms. The number of hydrogen-bond donors (Lipinski definition) is 1. The summed E-state index contributed by atoms with van der Waals surface area (Å²) in [5.74, 6) is 1.73. The van der Waals surface area contributed by atoms with Crippen LogP contribution in [0, 0.1) is 6.92 Å². The number of aromatic nitrogens is 1. The highest BCUT2D eigenvalue weighted by Crippen LogP contribution is 2.26. The van der Waals surface area contributed by atoms with Crippen molar-refractivity contribution in [3.63, 3.8) is 0 Å². The first kappa shape index (κ1) is 27.3. The highest BCUT2D eigenvalue weighted by atomic mass is 16.6. The van der Waals surface area contributed by atoms with Gasteiger partial charge in [-0.15, -0.1) is 0 Å². The van der Waals surface area contributed by atoms with Crippen molar-refractivity contribution < 1.29 is 33.3 Å². The number of benzene rings is 3. The summed E-state index contributed by atoms with van der Waals surface area (Å²) < 4.78 is 22.3. The smallest absolute Gasteiger partial charge is 0.416 e. The van der Waals surface area contributed by atoms with Crippen LogP contribution < -0.4 is 14.2 Å². The first-order valence-electron chi connectivity index (χ1n) is 12.4. The van der Waals surface area contributed by atoms with Gasteiger partial charge in [0.1, 0.15) is 29.6 Å². The molecule has 39 heavy (non-hydrogen) atoms. The fourth-order valence-electron chi connectivity index (χ4n) is 3.96. The second-order valence-electron chi connectivity index (χ2n) is 8.80. The Hall–Kier alpha value is -4.79. The molecule has 0 aliphatic rings. The minimum absolute atomic E-state index is 0.282. The first-order valence-corrected chi connectivity index (χ1v) is 12.4. The number of hydrogen-bond acceptors (Lipinski definition) is 7. The average Bonchev–Trinajstić information content (AvgIpc) is 3.32. The second-order valence-corrected chi connectivity index (χ2v) is 8.80. The largest absolute Gasteiger partial charge is 0.497 e. The van der Waals surface area contributed by atoms with Gasteiger partial charge in [0, 0.05) is 12.0 Å². The molecule has 1 amide bonds. The Morgan fingerprint density at radius 3 is 2.23 bits per heavy atom. The molecule has 202 valence electrons. The third-order valence-corrected chi connectivity index (χ3v) is 6.15. The van der Waals surface area contributed by atoms with E-state index in [-0.39, 0.29) is 5.75 Å². The van der Waals surface area contributed by atoms with Gasteiger partial charge >= 0.3 is 12.1 Å². The summed E-state index contributed by atoms with van der Waals surface area (Å²) in [6.07, 6.45) is -0.222. The van der Waals surface area contributed by atoms with Crippen molar-refractivity contribution in [1.82, 2.24) is 9.88 Å². The minimum atomic E-state index is -1.15. The topological polar surface area (TPSA) is 111 Å². The van der Waals surface area contributed by atoms with Crippen LogP contribution in [0.5, 0.6) is 17.2 Å². The van der Waals surface area contributed by atoms with Crippen LogP contribution in [0.1, 0.15) is 30.0 Å². The van der Waals surface area contributed by atoms with E-state index in [0.717, 1.165) is 27.5 Å². The number of rotatable bonds is 11. The van der Waals surface area contributed by atoms with Crippen molar-refractivity contribution in [2.75, 3.05) is 20.3 Å². The Bertz CT molecular complexity index is 1380. The summed E-state index contributed by atoms with van der Waals surface area (Å²) in [7, 11) is 1.53. The van der Waals surface area contributed by atoms with Crippen molar-refractivity contribution >= 4 is 12.1 Å². The van der Waals surface area contributed by atoms with E-state index in [4.69, 9.17) is 18.6 Å². The van der Waals surface area contributed by atoms with Gasteiger partial charge in [0.15, 0.2) is 0 Å². The number of amides is 1. The maximum Gasteiger partial charge on any atom is 0.416 e. The van der Waals surface area contributed by atoms with Crippen molar-refractivity contribution in [2.24, 2.45) is 0 Å². The van der Waals surface area contributed by atoms with Crippen LogP contribution in [-0.2, 0) is 11.2 Å². The molecule has 1 unspecified atom stereocenters. The number of carboxylic acid groups (broad SMARTS) is 1. The molecule has 0 saturated heterocycles. The van der Waals surface area contributed by atoms with E-state index < -0.39 is 24.6 Å². The van der Waals surface area contributed by atoms with Crippen molar-refractivity contribution in [3.05, 3.63) is 95.9 Å². The summed E-state index contributed by atoms with van der Waals surface area (Å²) >= 11 is 0. The van der Waals surface area contributed by atoms with Crippen molar-refractivity contribution in [1.29, 1.82) is 0 Å². The molecule has 0 aliphatic heterocycles. The van der Waals surface area contributed by atoms with Crippen LogP contribution in [-0.4, -0.2) is 47.3 Å². The van der Waals surface area contributed by atoms with E-state index in [1.54, 1.807) is 55.5 Å². The van der Waals surface area contributed by atoms with Gasteiger partial charge in [-0.3, -0.25) is 9.69 Å². The minimum Gasteiger partial charge on any atom is -0.497 e. The standard InChI is InChI=1S/C30H30N2O7/c1-20-27(39-29(31-20)23-7-5-4-6-8-23)17-18-37-25-11-9-22(10-12-25)21(2)32(19-28(33)34)30(35)38-26-15-13-24(36-3)14-16-26/h4-16,21H,17-19H2,1-3H3,(H,33,34). The Morgan fingerprint density at radius 2 is 1.59 bits per heavy atom. The maximum absolute atomic E-state index is 12.9. The summed E-state index contributed by atoms with van der Waals surface area (Å²) in [6, 6.07) is 22.8. The van der Waals surface area contributed by atoms with Gasteiger partial charge in [0.2, 0.25) is 5.89 Å². The van der Waals surface area contributed by atoms with E-state index >= 15 is 0 Å². The molecule has 3 aromatic carbocycles. The zero-order chi connectivity index (χ0) is 27.8. The molecule has 0 fully saturated rings. The highest BCUT2D eigenvalue weighted by molar-refractivity contribution is 5.78. The SMILES string of the molecule is COc1ccc(OC(=O)N(CC(=O)O)C(C)c2ccc(OCCc3oc(-c4ccccc4)nc3C)cc2)cc1. The predicted molar refractivity (Wildman–Crippen MR) is 144 cm³/mol. The number of carbonyl (C=O) groups is 2. The molecule has 0 spiro atoms. The zero-order valence-corrected chi connectivity index (χ0v) is 22.0. The normalized spacial score (nSPS) is 11.5. The molecule has 0 saturated carbocycles. The lowest BCUT2D eigenvalue weighted by Gasteiger charge is -2.27. The molecule has 4 aromatic rings.